The van der Waals surface area contributed by atoms with Crippen LogP contribution in [0.4, 0.5) is 0 Å². The van der Waals surface area contributed by atoms with Gasteiger partial charge in [0.1, 0.15) is 0 Å². The number of rotatable bonds is 7. The number of amides is 2. The van der Waals surface area contributed by atoms with E-state index in [0.29, 0.717) is 6.61 Å². The average Bonchev–Trinajstić information content (AvgIpc) is 2.44. The summed E-state index contributed by atoms with van der Waals surface area (Å²) in [5.41, 5.74) is 0. The van der Waals surface area contributed by atoms with E-state index in [1.807, 2.05) is 0 Å². The van der Waals surface area contributed by atoms with Crippen LogP contribution in [0.1, 0.15) is 12.8 Å². The van der Waals surface area contributed by atoms with Gasteiger partial charge in [0.15, 0.2) is 0 Å². The van der Waals surface area contributed by atoms with Gasteiger partial charge < -0.3 is 15.0 Å². The van der Waals surface area contributed by atoms with Crippen LogP contribution in [0.3, 0.4) is 0 Å². The van der Waals surface area contributed by atoms with Gasteiger partial charge in [-0.2, -0.15) is 0 Å². The lowest BCUT2D eigenvalue weighted by Gasteiger charge is -2.33. The summed E-state index contributed by atoms with van der Waals surface area (Å²) in [6.07, 6.45) is 3.25. The molecule has 0 radical (unpaired) electrons. The van der Waals surface area contributed by atoms with Crippen molar-refractivity contribution in [3.8, 4) is 0 Å². The van der Waals surface area contributed by atoms with Crippen LogP contribution in [0.15, 0.2) is 12.7 Å². The molecule has 1 unspecified atom stereocenters. The van der Waals surface area contributed by atoms with Gasteiger partial charge in [-0.1, -0.05) is 6.58 Å². The first-order valence-electron chi connectivity index (χ1n) is 6.95. The van der Waals surface area contributed by atoms with Gasteiger partial charge in [-0.3, -0.25) is 14.5 Å². The van der Waals surface area contributed by atoms with E-state index in [4.69, 9.17) is 4.74 Å². The van der Waals surface area contributed by atoms with Gasteiger partial charge in [0.25, 0.3) is 0 Å². The molecule has 2 amide bonds. The first-order valence-corrected chi connectivity index (χ1v) is 6.95. The molecule has 1 heterocycles. The zero-order valence-corrected chi connectivity index (χ0v) is 12.4. The van der Waals surface area contributed by atoms with Crippen LogP contribution in [-0.2, 0) is 14.3 Å². The highest BCUT2D eigenvalue weighted by Crippen LogP contribution is 2.09. The number of methoxy groups -OCH3 is 1. The van der Waals surface area contributed by atoms with Crippen molar-refractivity contribution in [2.75, 3.05) is 46.9 Å². The van der Waals surface area contributed by atoms with Crippen LogP contribution in [0, 0.1) is 0 Å². The fourth-order valence-corrected chi connectivity index (χ4v) is 2.32. The zero-order valence-electron chi connectivity index (χ0n) is 12.4. The van der Waals surface area contributed by atoms with E-state index in [-0.39, 0.29) is 24.4 Å². The van der Waals surface area contributed by atoms with E-state index < -0.39 is 0 Å². The van der Waals surface area contributed by atoms with Crippen LogP contribution >= 0.6 is 0 Å². The summed E-state index contributed by atoms with van der Waals surface area (Å²) >= 11 is 0. The molecule has 0 saturated carbocycles. The number of likely N-dealkylation sites (N-methyl/N-ethyl adjacent to an activating group) is 1. The van der Waals surface area contributed by atoms with Crippen LogP contribution < -0.4 is 5.32 Å². The number of hydrogen-bond acceptors (Lipinski definition) is 4. The molecule has 6 heteroatoms. The molecule has 1 fully saturated rings. The van der Waals surface area contributed by atoms with Crippen molar-refractivity contribution in [3.05, 3.63) is 12.7 Å². The number of hydrogen-bond donors (Lipinski definition) is 1. The van der Waals surface area contributed by atoms with Crippen molar-refractivity contribution >= 4 is 11.8 Å². The topological polar surface area (TPSA) is 61.9 Å². The van der Waals surface area contributed by atoms with E-state index >= 15 is 0 Å². The SMILES string of the molecule is C=CC(=O)N(C)CC(=O)NC1CCCN(CCOC)C1. The molecular formula is C14H25N3O3. The Morgan fingerprint density at radius 3 is 2.95 bits per heavy atom. The van der Waals surface area contributed by atoms with Crippen molar-refractivity contribution < 1.29 is 14.3 Å². The van der Waals surface area contributed by atoms with Gasteiger partial charge in [-0.05, 0) is 25.5 Å². The molecule has 0 bridgehead atoms. The number of likely N-dealkylation sites (tertiary alicyclic amines) is 1. The second kappa shape index (κ2) is 8.71. The van der Waals surface area contributed by atoms with Crippen molar-refractivity contribution in [2.24, 2.45) is 0 Å². The molecule has 1 aliphatic rings. The maximum Gasteiger partial charge on any atom is 0.246 e. The van der Waals surface area contributed by atoms with Gasteiger partial charge in [0, 0.05) is 33.3 Å². The second-order valence-electron chi connectivity index (χ2n) is 5.10. The van der Waals surface area contributed by atoms with Crippen molar-refractivity contribution in [3.63, 3.8) is 0 Å². The Bertz CT molecular complexity index is 347. The molecule has 1 N–H and O–H groups in total. The number of piperidine rings is 1. The largest absolute Gasteiger partial charge is 0.383 e. The molecular weight excluding hydrogens is 258 g/mol. The minimum absolute atomic E-state index is 0.0689. The van der Waals surface area contributed by atoms with Gasteiger partial charge >= 0.3 is 0 Å². The summed E-state index contributed by atoms with van der Waals surface area (Å²) in [4.78, 5) is 26.8. The number of nitrogens with zero attached hydrogens (tertiary/aromatic N) is 2. The molecule has 1 aliphatic heterocycles. The molecule has 0 aromatic heterocycles. The van der Waals surface area contributed by atoms with Crippen molar-refractivity contribution in [1.29, 1.82) is 0 Å². The molecule has 0 aromatic rings. The Morgan fingerprint density at radius 2 is 2.30 bits per heavy atom. The predicted molar refractivity (Wildman–Crippen MR) is 77.3 cm³/mol. The number of nitrogens with one attached hydrogen (secondary N) is 1. The Balaban J connectivity index is 2.33. The smallest absolute Gasteiger partial charge is 0.246 e. The minimum atomic E-state index is -0.245. The average molecular weight is 283 g/mol. The third kappa shape index (κ3) is 5.71. The van der Waals surface area contributed by atoms with Gasteiger partial charge in [0.05, 0.1) is 13.2 Å². The summed E-state index contributed by atoms with van der Waals surface area (Å²) in [5, 5.41) is 2.99. The number of carbonyl (C=O) groups is 2. The fraction of sp³-hybridized carbons (Fsp3) is 0.714. The zero-order chi connectivity index (χ0) is 15.0. The molecule has 0 spiro atoms. The standard InChI is InChI=1S/C14H25N3O3/c1-4-14(19)16(2)11-13(18)15-12-6-5-7-17(10-12)8-9-20-3/h4,12H,1,5-11H2,2-3H3,(H,15,18). The Morgan fingerprint density at radius 1 is 1.55 bits per heavy atom. The maximum absolute atomic E-state index is 11.9. The van der Waals surface area contributed by atoms with Gasteiger partial charge in [0.2, 0.25) is 11.8 Å². The van der Waals surface area contributed by atoms with E-state index in [1.165, 1.54) is 11.0 Å². The van der Waals surface area contributed by atoms with Crippen LogP contribution in [0.2, 0.25) is 0 Å². The fourth-order valence-electron chi connectivity index (χ4n) is 2.32. The van der Waals surface area contributed by atoms with Crippen LogP contribution in [-0.4, -0.2) is 74.6 Å². The molecule has 20 heavy (non-hydrogen) atoms. The van der Waals surface area contributed by atoms with Gasteiger partial charge in [-0.25, -0.2) is 0 Å². The molecule has 6 nitrogen and oxygen atoms in total. The lowest BCUT2D eigenvalue weighted by Crippen LogP contribution is -2.50. The van der Waals surface area contributed by atoms with Crippen LogP contribution in [0.5, 0.6) is 0 Å². The van der Waals surface area contributed by atoms with E-state index in [1.54, 1.807) is 14.2 Å². The molecule has 1 atom stereocenters. The highest BCUT2D eigenvalue weighted by Gasteiger charge is 2.21. The molecule has 1 rings (SSSR count). The first kappa shape index (κ1) is 16.7. The number of ether oxygens (including phenoxy) is 1. The van der Waals surface area contributed by atoms with Crippen molar-refractivity contribution in [1.82, 2.24) is 15.1 Å². The van der Waals surface area contributed by atoms with E-state index in [2.05, 4.69) is 16.8 Å². The monoisotopic (exact) mass is 283 g/mol. The molecule has 114 valence electrons. The lowest BCUT2D eigenvalue weighted by atomic mass is 10.1. The summed E-state index contributed by atoms with van der Waals surface area (Å²) in [5.74, 6) is -0.369. The number of carbonyl (C=O) groups excluding carboxylic acids is 2. The predicted octanol–water partition coefficient (Wildman–Crippen LogP) is -0.142. The normalized spacial score (nSPS) is 19.4. The highest BCUT2D eigenvalue weighted by atomic mass is 16.5. The maximum atomic E-state index is 11.9. The summed E-state index contributed by atoms with van der Waals surface area (Å²) in [7, 11) is 3.28. The quantitative estimate of drug-likeness (QED) is 0.661. The summed E-state index contributed by atoms with van der Waals surface area (Å²) < 4.78 is 5.07. The van der Waals surface area contributed by atoms with E-state index in [9.17, 15) is 9.59 Å². The second-order valence-corrected chi connectivity index (χ2v) is 5.10. The first-order chi connectivity index (χ1) is 9.56. The Kier molecular flexibility index (Phi) is 7.25. The van der Waals surface area contributed by atoms with E-state index in [0.717, 1.165) is 32.5 Å². The molecule has 0 aromatic carbocycles. The van der Waals surface area contributed by atoms with Crippen molar-refractivity contribution in [2.45, 2.75) is 18.9 Å². The molecule has 0 aliphatic carbocycles. The third-order valence-electron chi connectivity index (χ3n) is 3.41. The third-order valence-corrected chi connectivity index (χ3v) is 3.41. The highest BCUT2D eigenvalue weighted by molar-refractivity contribution is 5.90. The lowest BCUT2D eigenvalue weighted by molar-refractivity contribution is -0.131. The summed E-state index contributed by atoms with van der Waals surface area (Å²) in [6, 6.07) is 0.153. The van der Waals surface area contributed by atoms with Crippen LogP contribution in [0.25, 0.3) is 0 Å². The Labute approximate surface area is 120 Å². The Hall–Kier alpha value is -1.40. The minimum Gasteiger partial charge on any atom is -0.383 e. The molecule has 1 saturated heterocycles. The summed E-state index contributed by atoms with van der Waals surface area (Å²) in [6.45, 7) is 6.95. The van der Waals surface area contributed by atoms with Gasteiger partial charge in [-0.15, -0.1) is 0 Å².